The first-order chi connectivity index (χ1) is 8.24. The van der Waals surface area contributed by atoms with E-state index in [2.05, 4.69) is 31.0 Å². The lowest BCUT2D eigenvalue weighted by molar-refractivity contribution is 0.0391. The van der Waals surface area contributed by atoms with Gasteiger partial charge >= 0.3 is 0 Å². The summed E-state index contributed by atoms with van der Waals surface area (Å²) in [6.07, 6.45) is 5.44. The van der Waals surface area contributed by atoms with E-state index in [1.165, 1.54) is 25.7 Å². The monoisotopic (exact) mass is 240 g/mol. The molecule has 2 bridgehead atoms. The minimum absolute atomic E-state index is 0.558. The lowest BCUT2D eigenvalue weighted by atomic mass is 9.97. The molecule has 0 saturated carbocycles. The van der Waals surface area contributed by atoms with Gasteiger partial charge in [0.2, 0.25) is 0 Å². The maximum absolute atomic E-state index is 5.58. The summed E-state index contributed by atoms with van der Waals surface area (Å²) in [5.41, 5.74) is 0. The van der Waals surface area contributed by atoms with Crippen molar-refractivity contribution in [3.63, 3.8) is 0 Å². The van der Waals surface area contributed by atoms with Gasteiger partial charge in [0.05, 0.1) is 6.61 Å². The van der Waals surface area contributed by atoms with Crippen LogP contribution in [0.15, 0.2) is 0 Å². The smallest absolute Gasteiger partial charge is 0.0619 e. The van der Waals surface area contributed by atoms with E-state index >= 15 is 0 Å². The fraction of sp³-hybridized carbons (Fsp3) is 1.00. The number of piperidine rings is 1. The molecule has 2 aliphatic rings. The summed E-state index contributed by atoms with van der Waals surface area (Å²) in [6.45, 7) is 9.53. The molecule has 0 spiro atoms. The van der Waals surface area contributed by atoms with Gasteiger partial charge < -0.3 is 10.1 Å². The van der Waals surface area contributed by atoms with Crippen LogP contribution in [0.2, 0.25) is 0 Å². The molecule has 2 saturated heterocycles. The largest absolute Gasteiger partial charge is 0.380 e. The third-order valence-electron chi connectivity index (χ3n) is 4.41. The predicted molar refractivity (Wildman–Crippen MR) is 71.3 cm³/mol. The van der Waals surface area contributed by atoms with Crippen LogP contribution in [0.5, 0.6) is 0 Å². The third-order valence-corrected chi connectivity index (χ3v) is 4.41. The number of likely N-dealkylation sites (N-methyl/N-ethyl adjacent to an activating group) is 1. The molecule has 0 aromatic heterocycles. The van der Waals surface area contributed by atoms with Gasteiger partial charge in [-0.25, -0.2) is 0 Å². The first-order valence-electron chi connectivity index (χ1n) is 7.34. The number of nitrogens with zero attached hydrogens (tertiary/aromatic N) is 1. The van der Waals surface area contributed by atoms with E-state index < -0.39 is 0 Å². The molecular weight excluding hydrogens is 212 g/mol. The first-order valence-corrected chi connectivity index (χ1v) is 7.34. The van der Waals surface area contributed by atoms with Gasteiger partial charge in [-0.15, -0.1) is 0 Å². The van der Waals surface area contributed by atoms with Crippen LogP contribution in [-0.2, 0) is 4.74 Å². The number of ether oxygens (including phenoxy) is 1. The van der Waals surface area contributed by atoms with Crippen LogP contribution in [0, 0.1) is 0 Å². The third kappa shape index (κ3) is 3.21. The second-order valence-corrected chi connectivity index (χ2v) is 5.60. The van der Waals surface area contributed by atoms with Crippen LogP contribution in [0.1, 0.15) is 46.5 Å². The normalized spacial score (nSPS) is 34.2. The van der Waals surface area contributed by atoms with Gasteiger partial charge in [-0.05, 0) is 46.1 Å². The maximum Gasteiger partial charge on any atom is 0.0619 e. The van der Waals surface area contributed by atoms with E-state index in [-0.39, 0.29) is 0 Å². The predicted octanol–water partition coefficient (Wildman–Crippen LogP) is 2.02. The highest BCUT2D eigenvalue weighted by Gasteiger charge is 2.36. The zero-order chi connectivity index (χ0) is 12.3. The number of nitrogens with one attached hydrogen (secondary N) is 1. The Kier molecular flexibility index (Phi) is 4.83. The Bertz CT molecular complexity index is 222. The summed E-state index contributed by atoms with van der Waals surface area (Å²) >= 11 is 0. The first kappa shape index (κ1) is 13.3. The summed E-state index contributed by atoms with van der Waals surface area (Å²) in [5.74, 6) is 0. The zero-order valence-corrected chi connectivity index (χ0v) is 11.6. The molecule has 3 atom stereocenters. The SMILES string of the molecule is CCOCC(C)N(CC)C1CC2CCC(C1)N2. The topological polar surface area (TPSA) is 24.5 Å². The Labute approximate surface area is 106 Å². The van der Waals surface area contributed by atoms with Crippen LogP contribution in [0.3, 0.4) is 0 Å². The van der Waals surface area contributed by atoms with Crippen molar-refractivity contribution in [1.29, 1.82) is 0 Å². The fourth-order valence-corrected chi connectivity index (χ4v) is 3.61. The Balaban J connectivity index is 1.88. The average molecular weight is 240 g/mol. The Morgan fingerprint density at radius 2 is 1.88 bits per heavy atom. The van der Waals surface area contributed by atoms with Gasteiger partial charge in [-0.3, -0.25) is 4.90 Å². The standard InChI is InChI=1S/C14H28N2O/c1-4-16(11(3)10-17-5-2)14-8-12-6-7-13(9-14)15-12/h11-15H,4-10H2,1-3H3. The zero-order valence-electron chi connectivity index (χ0n) is 11.6. The molecule has 2 rings (SSSR count). The molecule has 3 nitrogen and oxygen atoms in total. The van der Waals surface area contributed by atoms with Gasteiger partial charge in [-0.2, -0.15) is 0 Å². The van der Waals surface area contributed by atoms with Gasteiger partial charge in [0.1, 0.15) is 0 Å². The average Bonchev–Trinajstić information content (AvgIpc) is 2.67. The molecule has 0 amide bonds. The van der Waals surface area contributed by atoms with E-state index in [0.717, 1.165) is 37.9 Å². The highest BCUT2D eigenvalue weighted by molar-refractivity contribution is 4.96. The molecule has 3 heteroatoms. The highest BCUT2D eigenvalue weighted by Crippen LogP contribution is 2.30. The summed E-state index contributed by atoms with van der Waals surface area (Å²) in [7, 11) is 0. The molecular formula is C14H28N2O. The van der Waals surface area contributed by atoms with E-state index in [0.29, 0.717) is 6.04 Å². The molecule has 0 aromatic rings. The maximum atomic E-state index is 5.58. The minimum Gasteiger partial charge on any atom is -0.380 e. The molecule has 0 aromatic carbocycles. The fourth-order valence-electron chi connectivity index (χ4n) is 3.61. The molecule has 0 aliphatic carbocycles. The minimum atomic E-state index is 0.558. The molecule has 2 heterocycles. The van der Waals surface area contributed by atoms with E-state index in [9.17, 15) is 0 Å². The van der Waals surface area contributed by atoms with Crippen molar-refractivity contribution in [2.75, 3.05) is 19.8 Å². The van der Waals surface area contributed by atoms with Gasteiger partial charge in [0, 0.05) is 30.8 Å². The molecule has 3 unspecified atom stereocenters. The van der Waals surface area contributed by atoms with Crippen molar-refractivity contribution < 1.29 is 4.74 Å². The van der Waals surface area contributed by atoms with E-state index in [1.807, 2.05) is 0 Å². The van der Waals surface area contributed by atoms with Crippen molar-refractivity contribution >= 4 is 0 Å². The van der Waals surface area contributed by atoms with E-state index in [1.54, 1.807) is 0 Å². The summed E-state index contributed by atoms with van der Waals surface area (Å²) < 4.78 is 5.58. The molecule has 17 heavy (non-hydrogen) atoms. The highest BCUT2D eigenvalue weighted by atomic mass is 16.5. The second kappa shape index (κ2) is 6.17. The van der Waals surface area contributed by atoms with E-state index in [4.69, 9.17) is 4.74 Å². The van der Waals surface area contributed by atoms with Crippen molar-refractivity contribution in [3.8, 4) is 0 Å². The Morgan fingerprint density at radius 1 is 1.24 bits per heavy atom. The molecule has 1 N–H and O–H groups in total. The Hall–Kier alpha value is -0.120. The molecule has 0 radical (unpaired) electrons. The summed E-state index contributed by atoms with van der Waals surface area (Å²) in [4.78, 5) is 2.65. The van der Waals surface area contributed by atoms with Crippen molar-refractivity contribution in [3.05, 3.63) is 0 Å². The lowest BCUT2D eigenvalue weighted by Gasteiger charge is -2.40. The van der Waals surface area contributed by atoms with Crippen LogP contribution < -0.4 is 5.32 Å². The molecule has 100 valence electrons. The second-order valence-electron chi connectivity index (χ2n) is 5.60. The van der Waals surface area contributed by atoms with Crippen LogP contribution in [0.25, 0.3) is 0 Å². The lowest BCUT2D eigenvalue weighted by Crippen LogP contribution is -2.51. The van der Waals surface area contributed by atoms with Gasteiger partial charge in [0.25, 0.3) is 0 Å². The van der Waals surface area contributed by atoms with Crippen molar-refractivity contribution in [1.82, 2.24) is 10.2 Å². The number of rotatable bonds is 6. The van der Waals surface area contributed by atoms with Crippen molar-refractivity contribution in [2.45, 2.75) is 70.6 Å². The number of hydrogen-bond acceptors (Lipinski definition) is 3. The quantitative estimate of drug-likeness (QED) is 0.769. The summed E-state index contributed by atoms with van der Waals surface area (Å²) in [6, 6.07) is 2.90. The Morgan fingerprint density at radius 3 is 2.41 bits per heavy atom. The van der Waals surface area contributed by atoms with Gasteiger partial charge in [-0.1, -0.05) is 6.92 Å². The van der Waals surface area contributed by atoms with Gasteiger partial charge in [0.15, 0.2) is 0 Å². The van der Waals surface area contributed by atoms with Crippen LogP contribution in [-0.4, -0.2) is 48.8 Å². The number of fused-ring (bicyclic) bond motifs is 2. The summed E-state index contributed by atoms with van der Waals surface area (Å²) in [5, 5.41) is 3.72. The number of hydrogen-bond donors (Lipinski definition) is 1. The molecule has 2 aliphatic heterocycles. The molecule has 2 fully saturated rings. The van der Waals surface area contributed by atoms with Crippen LogP contribution >= 0.6 is 0 Å². The van der Waals surface area contributed by atoms with Crippen LogP contribution in [0.4, 0.5) is 0 Å². The van der Waals surface area contributed by atoms with Crippen molar-refractivity contribution in [2.24, 2.45) is 0 Å².